The molecule has 21 heavy (non-hydrogen) atoms. The molecule has 0 saturated heterocycles. The summed E-state index contributed by atoms with van der Waals surface area (Å²) in [6.45, 7) is 2.48. The Morgan fingerprint density at radius 1 is 1.48 bits per heavy atom. The number of carbonyl (C=O) groups is 1. The van der Waals surface area contributed by atoms with Crippen LogP contribution in [0.1, 0.15) is 18.5 Å². The average Bonchev–Trinajstić information content (AvgIpc) is 3.11. The summed E-state index contributed by atoms with van der Waals surface area (Å²) >= 11 is 3.31. The van der Waals surface area contributed by atoms with E-state index < -0.39 is 0 Å². The van der Waals surface area contributed by atoms with Crippen LogP contribution in [0.2, 0.25) is 0 Å². The molecule has 110 valence electrons. The lowest BCUT2D eigenvalue weighted by atomic mass is 10.2. The first-order valence-electron chi connectivity index (χ1n) is 6.49. The van der Waals surface area contributed by atoms with E-state index in [1.807, 2.05) is 18.2 Å². The van der Waals surface area contributed by atoms with Crippen LogP contribution in [0.5, 0.6) is 11.5 Å². The first kappa shape index (κ1) is 13.9. The van der Waals surface area contributed by atoms with Crippen LogP contribution in [0.4, 0.5) is 0 Å². The molecule has 0 spiro atoms. The van der Waals surface area contributed by atoms with Gasteiger partial charge in [-0.3, -0.25) is 9.48 Å². The van der Waals surface area contributed by atoms with Crippen LogP contribution in [-0.2, 0) is 11.3 Å². The number of nitrogens with one attached hydrogen (secondary N) is 1. The minimum Gasteiger partial charge on any atom is -0.454 e. The van der Waals surface area contributed by atoms with Crippen LogP contribution < -0.4 is 14.8 Å². The van der Waals surface area contributed by atoms with Gasteiger partial charge in [0.1, 0.15) is 6.04 Å². The third-order valence-corrected chi connectivity index (χ3v) is 3.66. The van der Waals surface area contributed by atoms with E-state index in [9.17, 15) is 4.79 Å². The first-order valence-corrected chi connectivity index (χ1v) is 7.28. The number of aromatic nitrogens is 2. The summed E-state index contributed by atoms with van der Waals surface area (Å²) in [5, 5.41) is 7.00. The summed E-state index contributed by atoms with van der Waals surface area (Å²) < 4.78 is 13.0. The Labute approximate surface area is 130 Å². The zero-order valence-electron chi connectivity index (χ0n) is 11.4. The molecule has 2 aromatic rings. The van der Waals surface area contributed by atoms with E-state index in [1.54, 1.807) is 24.0 Å². The maximum atomic E-state index is 12.1. The van der Waals surface area contributed by atoms with E-state index in [-0.39, 0.29) is 18.7 Å². The Morgan fingerprint density at radius 3 is 3.05 bits per heavy atom. The average molecular weight is 352 g/mol. The van der Waals surface area contributed by atoms with E-state index in [4.69, 9.17) is 9.47 Å². The summed E-state index contributed by atoms with van der Waals surface area (Å²) in [6.07, 6.45) is 3.42. The largest absolute Gasteiger partial charge is 0.454 e. The van der Waals surface area contributed by atoms with Crippen molar-refractivity contribution in [1.29, 1.82) is 0 Å². The van der Waals surface area contributed by atoms with Crippen molar-refractivity contribution in [2.45, 2.75) is 19.5 Å². The van der Waals surface area contributed by atoms with Crippen molar-refractivity contribution in [3.8, 4) is 11.5 Å². The van der Waals surface area contributed by atoms with Crippen LogP contribution in [0.25, 0.3) is 0 Å². The monoisotopic (exact) mass is 351 g/mol. The Morgan fingerprint density at radius 2 is 2.29 bits per heavy atom. The maximum Gasteiger partial charge on any atom is 0.244 e. The molecule has 1 aromatic carbocycles. The molecule has 0 saturated carbocycles. The zero-order chi connectivity index (χ0) is 14.8. The van der Waals surface area contributed by atoms with Gasteiger partial charge in [0.05, 0.1) is 10.7 Å². The minimum absolute atomic E-state index is 0.0942. The molecular weight excluding hydrogens is 338 g/mol. The summed E-state index contributed by atoms with van der Waals surface area (Å²) in [7, 11) is 0. The maximum absolute atomic E-state index is 12.1. The van der Waals surface area contributed by atoms with E-state index in [2.05, 4.69) is 26.3 Å². The number of hydrogen-bond donors (Lipinski definition) is 1. The van der Waals surface area contributed by atoms with Gasteiger partial charge in [-0.1, -0.05) is 6.07 Å². The van der Waals surface area contributed by atoms with Gasteiger partial charge in [-0.25, -0.2) is 0 Å². The standard InChI is InChI=1S/C14H14BrN3O3/c1-9(18-7-11(15)6-17-18)14(19)16-5-10-2-3-12-13(4-10)21-8-20-12/h2-4,6-7,9H,5,8H2,1H3,(H,16,19). The number of hydrogen-bond acceptors (Lipinski definition) is 4. The van der Waals surface area contributed by atoms with Gasteiger partial charge in [0, 0.05) is 12.7 Å². The third kappa shape index (κ3) is 3.02. The fourth-order valence-corrected chi connectivity index (χ4v) is 2.34. The number of rotatable bonds is 4. The molecular formula is C14H14BrN3O3. The van der Waals surface area contributed by atoms with Gasteiger partial charge in [-0.15, -0.1) is 0 Å². The highest BCUT2D eigenvalue weighted by Crippen LogP contribution is 2.32. The molecule has 7 heteroatoms. The molecule has 1 N–H and O–H groups in total. The van der Waals surface area contributed by atoms with Crippen LogP contribution in [-0.4, -0.2) is 22.5 Å². The van der Waals surface area contributed by atoms with E-state index in [0.29, 0.717) is 12.3 Å². The smallest absolute Gasteiger partial charge is 0.244 e. The molecule has 1 aliphatic heterocycles. The molecule has 0 radical (unpaired) electrons. The topological polar surface area (TPSA) is 65.4 Å². The fourth-order valence-electron chi connectivity index (χ4n) is 2.03. The highest BCUT2D eigenvalue weighted by molar-refractivity contribution is 9.10. The summed E-state index contributed by atoms with van der Waals surface area (Å²) in [5.41, 5.74) is 0.960. The van der Waals surface area contributed by atoms with Crippen molar-refractivity contribution < 1.29 is 14.3 Å². The van der Waals surface area contributed by atoms with Crippen molar-refractivity contribution in [3.05, 3.63) is 40.6 Å². The van der Waals surface area contributed by atoms with Gasteiger partial charge in [0.15, 0.2) is 11.5 Å². The third-order valence-electron chi connectivity index (χ3n) is 3.25. The van der Waals surface area contributed by atoms with Crippen LogP contribution in [0.15, 0.2) is 35.1 Å². The number of amides is 1. The van der Waals surface area contributed by atoms with Crippen LogP contribution in [0.3, 0.4) is 0 Å². The van der Waals surface area contributed by atoms with Gasteiger partial charge < -0.3 is 14.8 Å². The molecule has 1 amide bonds. The van der Waals surface area contributed by atoms with Crippen molar-refractivity contribution in [2.75, 3.05) is 6.79 Å². The van der Waals surface area contributed by atoms with Crippen molar-refractivity contribution >= 4 is 21.8 Å². The molecule has 1 atom stereocenters. The second kappa shape index (κ2) is 5.77. The van der Waals surface area contributed by atoms with E-state index in [1.165, 1.54) is 0 Å². The Balaban J connectivity index is 1.60. The minimum atomic E-state index is -0.370. The van der Waals surface area contributed by atoms with E-state index >= 15 is 0 Å². The van der Waals surface area contributed by atoms with Gasteiger partial charge in [0.25, 0.3) is 0 Å². The normalized spacial score (nSPS) is 14.0. The molecule has 1 aromatic heterocycles. The molecule has 3 rings (SSSR count). The summed E-state index contributed by atoms with van der Waals surface area (Å²) in [4.78, 5) is 12.1. The molecule has 0 bridgehead atoms. The predicted molar refractivity (Wildman–Crippen MR) is 79.0 cm³/mol. The van der Waals surface area contributed by atoms with Crippen molar-refractivity contribution in [2.24, 2.45) is 0 Å². The predicted octanol–water partition coefficient (Wildman–Crippen LogP) is 2.25. The van der Waals surface area contributed by atoms with Crippen LogP contribution >= 0.6 is 15.9 Å². The second-order valence-corrected chi connectivity index (χ2v) is 5.64. The van der Waals surface area contributed by atoms with Crippen molar-refractivity contribution in [3.63, 3.8) is 0 Å². The highest BCUT2D eigenvalue weighted by Gasteiger charge is 2.17. The summed E-state index contributed by atoms with van der Waals surface area (Å²) in [5.74, 6) is 1.36. The van der Waals surface area contributed by atoms with Crippen LogP contribution in [0, 0.1) is 0 Å². The quantitative estimate of drug-likeness (QED) is 0.917. The SMILES string of the molecule is CC(C(=O)NCc1ccc2c(c1)OCO2)n1cc(Br)cn1. The molecule has 1 aliphatic rings. The lowest BCUT2D eigenvalue weighted by Gasteiger charge is -2.12. The van der Waals surface area contributed by atoms with E-state index in [0.717, 1.165) is 15.8 Å². The fraction of sp³-hybridized carbons (Fsp3) is 0.286. The highest BCUT2D eigenvalue weighted by atomic mass is 79.9. The molecule has 1 unspecified atom stereocenters. The number of nitrogens with zero attached hydrogens (tertiary/aromatic N) is 2. The number of ether oxygens (including phenoxy) is 2. The van der Waals surface area contributed by atoms with Gasteiger partial charge >= 0.3 is 0 Å². The second-order valence-electron chi connectivity index (χ2n) is 4.72. The Hall–Kier alpha value is -2.02. The molecule has 6 nitrogen and oxygen atoms in total. The number of benzene rings is 1. The number of fused-ring (bicyclic) bond motifs is 1. The number of carbonyl (C=O) groups excluding carboxylic acids is 1. The Bertz CT molecular complexity index is 671. The van der Waals surface area contributed by atoms with Gasteiger partial charge in [0.2, 0.25) is 12.7 Å². The van der Waals surface area contributed by atoms with Gasteiger partial charge in [-0.2, -0.15) is 5.10 Å². The molecule has 2 heterocycles. The van der Waals surface area contributed by atoms with Crippen molar-refractivity contribution in [1.82, 2.24) is 15.1 Å². The molecule has 0 aliphatic carbocycles. The Kier molecular flexibility index (Phi) is 3.83. The first-order chi connectivity index (χ1) is 10.1. The lowest BCUT2D eigenvalue weighted by molar-refractivity contribution is -0.124. The lowest BCUT2D eigenvalue weighted by Crippen LogP contribution is -2.30. The summed E-state index contributed by atoms with van der Waals surface area (Å²) in [6, 6.07) is 5.25. The molecule has 0 fully saturated rings. The number of halogens is 1. The van der Waals surface area contributed by atoms with Gasteiger partial charge in [-0.05, 0) is 40.5 Å². The zero-order valence-corrected chi connectivity index (χ0v) is 13.0.